The van der Waals surface area contributed by atoms with Crippen LogP contribution in [0.5, 0.6) is 0 Å². The first-order chi connectivity index (χ1) is 7.63. The molecule has 1 N–H and O–H groups in total. The van der Waals surface area contributed by atoms with Gasteiger partial charge >= 0.3 is 0 Å². The van der Waals surface area contributed by atoms with Gasteiger partial charge in [-0.1, -0.05) is 6.92 Å². The molecule has 0 aliphatic rings. The smallest absolute Gasteiger partial charge is 0.140 e. The molecular weight excluding hydrogens is 352 g/mol. The zero-order valence-corrected chi connectivity index (χ0v) is 13.5. The first-order valence-corrected chi connectivity index (χ1v) is 8.03. The Balaban J connectivity index is 2.46. The molecular formula is C11H16Br2N2S. The van der Waals surface area contributed by atoms with Crippen LogP contribution >= 0.6 is 43.6 Å². The number of rotatable bonds is 6. The fraction of sp³-hybridized carbons (Fsp3) is 0.545. The molecule has 1 aromatic rings. The summed E-state index contributed by atoms with van der Waals surface area (Å²) in [5.74, 6) is 3.29. The Morgan fingerprint density at radius 3 is 2.88 bits per heavy atom. The summed E-state index contributed by atoms with van der Waals surface area (Å²) in [5.41, 5.74) is 0. The van der Waals surface area contributed by atoms with Crippen molar-refractivity contribution in [3.63, 3.8) is 0 Å². The van der Waals surface area contributed by atoms with Gasteiger partial charge in [0.15, 0.2) is 0 Å². The highest BCUT2D eigenvalue weighted by Gasteiger charge is 2.06. The van der Waals surface area contributed by atoms with Crippen molar-refractivity contribution < 1.29 is 0 Å². The van der Waals surface area contributed by atoms with Crippen molar-refractivity contribution in [3.8, 4) is 0 Å². The lowest BCUT2D eigenvalue weighted by molar-refractivity contribution is 0.765. The van der Waals surface area contributed by atoms with E-state index < -0.39 is 0 Å². The molecule has 1 aromatic heterocycles. The highest BCUT2D eigenvalue weighted by molar-refractivity contribution is 9.11. The number of halogens is 2. The van der Waals surface area contributed by atoms with E-state index in [2.05, 4.69) is 56.0 Å². The third-order valence-corrected chi connectivity index (χ3v) is 4.06. The van der Waals surface area contributed by atoms with E-state index in [0.29, 0.717) is 6.04 Å². The quantitative estimate of drug-likeness (QED) is 0.746. The molecule has 0 spiro atoms. The second-order valence-electron chi connectivity index (χ2n) is 3.51. The van der Waals surface area contributed by atoms with Gasteiger partial charge in [0.1, 0.15) is 5.82 Å². The van der Waals surface area contributed by atoms with Gasteiger partial charge in [0.25, 0.3) is 0 Å². The number of nitrogens with zero attached hydrogens (tertiary/aromatic N) is 1. The highest BCUT2D eigenvalue weighted by Crippen LogP contribution is 2.24. The Bertz CT molecular complexity index is 334. The van der Waals surface area contributed by atoms with Crippen LogP contribution in [-0.2, 0) is 0 Å². The molecule has 0 saturated carbocycles. The van der Waals surface area contributed by atoms with Crippen LogP contribution in [0.3, 0.4) is 0 Å². The molecule has 16 heavy (non-hydrogen) atoms. The number of nitrogens with one attached hydrogen (secondary N) is 1. The molecule has 0 amide bonds. The third kappa shape index (κ3) is 5.06. The van der Waals surface area contributed by atoms with Crippen molar-refractivity contribution in [1.29, 1.82) is 0 Å². The van der Waals surface area contributed by atoms with Crippen LogP contribution in [0.1, 0.15) is 20.3 Å². The van der Waals surface area contributed by atoms with E-state index in [0.717, 1.165) is 21.2 Å². The second kappa shape index (κ2) is 7.56. The minimum absolute atomic E-state index is 0.448. The second-order valence-corrected chi connectivity index (χ2v) is 6.68. The maximum absolute atomic E-state index is 4.33. The predicted octanol–water partition coefficient (Wildman–Crippen LogP) is 4.55. The van der Waals surface area contributed by atoms with Crippen molar-refractivity contribution >= 4 is 49.4 Å². The lowest BCUT2D eigenvalue weighted by Gasteiger charge is -2.15. The largest absolute Gasteiger partial charge is 0.367 e. The van der Waals surface area contributed by atoms with Crippen molar-refractivity contribution in [2.45, 2.75) is 26.3 Å². The number of pyridine rings is 1. The minimum atomic E-state index is 0.448. The molecule has 0 aromatic carbocycles. The van der Waals surface area contributed by atoms with Crippen molar-refractivity contribution in [3.05, 3.63) is 21.2 Å². The van der Waals surface area contributed by atoms with Gasteiger partial charge in [-0.05, 0) is 62.8 Å². The third-order valence-electron chi connectivity index (χ3n) is 2.09. The van der Waals surface area contributed by atoms with Gasteiger partial charge < -0.3 is 5.32 Å². The van der Waals surface area contributed by atoms with Gasteiger partial charge in [-0.25, -0.2) is 4.98 Å². The van der Waals surface area contributed by atoms with Gasteiger partial charge in [-0.15, -0.1) is 0 Å². The van der Waals surface area contributed by atoms with E-state index in [1.54, 1.807) is 6.20 Å². The summed E-state index contributed by atoms with van der Waals surface area (Å²) in [6, 6.07) is 2.45. The van der Waals surface area contributed by atoms with Crippen LogP contribution in [0.2, 0.25) is 0 Å². The van der Waals surface area contributed by atoms with E-state index in [1.807, 2.05) is 17.8 Å². The maximum atomic E-state index is 4.33. The van der Waals surface area contributed by atoms with Crippen molar-refractivity contribution in [1.82, 2.24) is 4.98 Å². The van der Waals surface area contributed by atoms with Gasteiger partial charge in [0.2, 0.25) is 0 Å². The summed E-state index contributed by atoms with van der Waals surface area (Å²) in [4.78, 5) is 4.33. The fourth-order valence-corrected chi connectivity index (χ4v) is 3.14. The molecule has 0 fully saturated rings. The van der Waals surface area contributed by atoms with Crippen LogP contribution in [0.25, 0.3) is 0 Å². The molecule has 0 saturated heterocycles. The molecule has 1 rings (SSSR count). The number of hydrogen-bond acceptors (Lipinski definition) is 3. The van der Waals surface area contributed by atoms with Gasteiger partial charge in [-0.2, -0.15) is 11.8 Å². The molecule has 2 nitrogen and oxygen atoms in total. The Morgan fingerprint density at radius 1 is 1.50 bits per heavy atom. The summed E-state index contributed by atoms with van der Waals surface area (Å²) in [7, 11) is 0. The minimum Gasteiger partial charge on any atom is -0.367 e. The van der Waals surface area contributed by atoms with Gasteiger partial charge in [0, 0.05) is 16.7 Å². The standard InChI is InChI=1S/C11H16Br2N2S/c1-3-16-5-4-8(2)15-11-10(13)6-9(12)7-14-11/h6-8H,3-5H2,1-2H3,(H,14,15). The fourth-order valence-electron chi connectivity index (χ4n) is 1.23. The molecule has 90 valence electrons. The summed E-state index contributed by atoms with van der Waals surface area (Å²) < 4.78 is 1.98. The molecule has 1 unspecified atom stereocenters. The average Bonchev–Trinajstić information content (AvgIpc) is 2.23. The van der Waals surface area contributed by atoms with Crippen LogP contribution in [-0.4, -0.2) is 22.5 Å². The Labute approximate surface area is 118 Å². The summed E-state index contributed by atoms with van der Waals surface area (Å²) in [6.07, 6.45) is 2.96. The monoisotopic (exact) mass is 366 g/mol. The van der Waals surface area contributed by atoms with E-state index in [-0.39, 0.29) is 0 Å². The Morgan fingerprint density at radius 2 is 2.25 bits per heavy atom. The molecule has 1 atom stereocenters. The topological polar surface area (TPSA) is 24.9 Å². The SMILES string of the molecule is CCSCCC(C)Nc1ncc(Br)cc1Br. The van der Waals surface area contributed by atoms with Crippen LogP contribution in [0.15, 0.2) is 21.2 Å². The Hall–Kier alpha value is 0.260. The highest BCUT2D eigenvalue weighted by atomic mass is 79.9. The zero-order valence-electron chi connectivity index (χ0n) is 9.46. The lowest BCUT2D eigenvalue weighted by Crippen LogP contribution is -2.17. The van der Waals surface area contributed by atoms with Crippen molar-refractivity contribution in [2.75, 3.05) is 16.8 Å². The normalized spacial score (nSPS) is 12.5. The van der Waals surface area contributed by atoms with Gasteiger partial charge in [-0.3, -0.25) is 0 Å². The number of thioether (sulfide) groups is 1. The van der Waals surface area contributed by atoms with Crippen LogP contribution in [0, 0.1) is 0 Å². The molecule has 5 heteroatoms. The molecule has 0 bridgehead atoms. The van der Waals surface area contributed by atoms with Crippen LogP contribution < -0.4 is 5.32 Å². The van der Waals surface area contributed by atoms with E-state index in [9.17, 15) is 0 Å². The van der Waals surface area contributed by atoms with E-state index in [1.165, 1.54) is 11.5 Å². The van der Waals surface area contributed by atoms with E-state index >= 15 is 0 Å². The lowest BCUT2D eigenvalue weighted by atomic mass is 10.2. The zero-order chi connectivity index (χ0) is 12.0. The molecule has 1 heterocycles. The molecule has 0 aliphatic heterocycles. The summed E-state index contributed by atoms with van der Waals surface area (Å²) in [5, 5.41) is 3.40. The average molecular weight is 368 g/mol. The summed E-state index contributed by atoms with van der Waals surface area (Å²) >= 11 is 8.86. The summed E-state index contributed by atoms with van der Waals surface area (Å²) in [6.45, 7) is 4.38. The number of hydrogen-bond donors (Lipinski definition) is 1. The molecule has 0 aliphatic carbocycles. The molecule has 0 radical (unpaired) electrons. The number of anilines is 1. The van der Waals surface area contributed by atoms with Crippen molar-refractivity contribution in [2.24, 2.45) is 0 Å². The first-order valence-electron chi connectivity index (χ1n) is 5.28. The predicted molar refractivity (Wildman–Crippen MR) is 80.3 cm³/mol. The maximum Gasteiger partial charge on any atom is 0.140 e. The number of aromatic nitrogens is 1. The van der Waals surface area contributed by atoms with Crippen LogP contribution in [0.4, 0.5) is 5.82 Å². The Kier molecular flexibility index (Phi) is 6.77. The van der Waals surface area contributed by atoms with E-state index in [4.69, 9.17) is 0 Å². The first kappa shape index (κ1) is 14.3. The van der Waals surface area contributed by atoms with Gasteiger partial charge in [0.05, 0.1) is 4.47 Å².